The molecule has 0 bridgehead atoms. The van der Waals surface area contributed by atoms with Gasteiger partial charge in [-0.3, -0.25) is 9.59 Å². The number of hydrogen-bond acceptors (Lipinski definition) is 3. The Hall–Kier alpha value is -2.82. The smallest absolute Gasteiger partial charge is 0.254 e. The monoisotopic (exact) mass is 380 g/mol. The van der Waals surface area contributed by atoms with Crippen molar-refractivity contribution in [3.05, 3.63) is 65.2 Å². The van der Waals surface area contributed by atoms with E-state index in [1.807, 2.05) is 72.2 Å². The van der Waals surface area contributed by atoms with E-state index in [0.29, 0.717) is 45.6 Å². The number of nitrogens with zero attached hydrogens (tertiary/aromatic N) is 2. The first kappa shape index (κ1) is 19.9. The molecular formula is C23H28N2O3. The molecule has 2 amide bonds. The van der Waals surface area contributed by atoms with Gasteiger partial charge in [0.05, 0.1) is 6.61 Å². The van der Waals surface area contributed by atoms with Crippen molar-refractivity contribution in [2.24, 2.45) is 0 Å². The highest BCUT2D eigenvalue weighted by atomic mass is 16.5. The van der Waals surface area contributed by atoms with Crippen LogP contribution in [0.4, 0.5) is 0 Å². The van der Waals surface area contributed by atoms with Crippen molar-refractivity contribution >= 4 is 11.8 Å². The Kier molecular flexibility index (Phi) is 6.69. The molecule has 0 saturated carbocycles. The average molecular weight is 380 g/mol. The summed E-state index contributed by atoms with van der Waals surface area (Å²) in [5, 5.41) is 0. The van der Waals surface area contributed by atoms with Gasteiger partial charge in [0.1, 0.15) is 5.75 Å². The highest BCUT2D eigenvalue weighted by molar-refractivity contribution is 5.95. The second kappa shape index (κ2) is 9.40. The van der Waals surface area contributed by atoms with Crippen molar-refractivity contribution in [1.82, 2.24) is 9.80 Å². The molecule has 0 N–H and O–H groups in total. The molecule has 1 aliphatic rings. The SMILES string of the molecule is Cc1ccc(OCCCC(=O)N2CCN(C(=O)c3ccccc3C)CC2)cc1. The molecule has 0 radical (unpaired) electrons. The molecule has 2 aromatic rings. The number of hydrogen-bond donors (Lipinski definition) is 0. The highest BCUT2D eigenvalue weighted by Gasteiger charge is 2.25. The van der Waals surface area contributed by atoms with Crippen LogP contribution in [0, 0.1) is 13.8 Å². The van der Waals surface area contributed by atoms with Crippen LogP contribution in [0.25, 0.3) is 0 Å². The van der Waals surface area contributed by atoms with E-state index in [4.69, 9.17) is 4.74 Å². The first-order chi connectivity index (χ1) is 13.5. The molecule has 5 nitrogen and oxygen atoms in total. The van der Waals surface area contributed by atoms with Crippen molar-refractivity contribution in [1.29, 1.82) is 0 Å². The molecular weight excluding hydrogens is 352 g/mol. The van der Waals surface area contributed by atoms with Gasteiger partial charge < -0.3 is 14.5 Å². The van der Waals surface area contributed by atoms with Gasteiger partial charge in [-0.15, -0.1) is 0 Å². The molecule has 28 heavy (non-hydrogen) atoms. The Balaban J connectivity index is 1.39. The zero-order valence-corrected chi connectivity index (χ0v) is 16.7. The van der Waals surface area contributed by atoms with E-state index in [0.717, 1.165) is 16.9 Å². The predicted octanol–water partition coefficient (Wildman–Crippen LogP) is 3.45. The quantitative estimate of drug-likeness (QED) is 0.722. The van der Waals surface area contributed by atoms with Gasteiger partial charge in [-0.25, -0.2) is 0 Å². The Morgan fingerprint density at radius 1 is 0.893 bits per heavy atom. The molecule has 2 aromatic carbocycles. The fraction of sp³-hybridized carbons (Fsp3) is 0.391. The number of amides is 2. The summed E-state index contributed by atoms with van der Waals surface area (Å²) in [7, 11) is 0. The molecule has 5 heteroatoms. The molecule has 0 aromatic heterocycles. The lowest BCUT2D eigenvalue weighted by Crippen LogP contribution is -2.50. The number of rotatable bonds is 6. The van der Waals surface area contributed by atoms with Gasteiger partial charge in [0, 0.05) is 38.2 Å². The Labute approximate surface area is 166 Å². The second-order valence-electron chi connectivity index (χ2n) is 7.25. The first-order valence-corrected chi connectivity index (χ1v) is 9.87. The molecule has 1 heterocycles. The van der Waals surface area contributed by atoms with Crippen molar-refractivity contribution in [3.8, 4) is 5.75 Å². The zero-order valence-electron chi connectivity index (χ0n) is 16.7. The average Bonchev–Trinajstić information content (AvgIpc) is 2.72. The van der Waals surface area contributed by atoms with Crippen LogP contribution in [0.15, 0.2) is 48.5 Å². The number of benzene rings is 2. The Morgan fingerprint density at radius 2 is 1.54 bits per heavy atom. The maximum absolute atomic E-state index is 12.7. The van der Waals surface area contributed by atoms with E-state index in [2.05, 4.69) is 0 Å². The minimum absolute atomic E-state index is 0.0525. The highest BCUT2D eigenvalue weighted by Crippen LogP contribution is 2.14. The van der Waals surface area contributed by atoms with Crippen LogP contribution in [0.3, 0.4) is 0 Å². The van der Waals surface area contributed by atoms with Crippen molar-refractivity contribution < 1.29 is 14.3 Å². The van der Waals surface area contributed by atoms with Crippen LogP contribution < -0.4 is 4.74 Å². The minimum Gasteiger partial charge on any atom is -0.494 e. The van der Waals surface area contributed by atoms with Crippen LogP contribution in [-0.4, -0.2) is 54.4 Å². The van der Waals surface area contributed by atoms with Gasteiger partial charge in [0.25, 0.3) is 5.91 Å². The Bertz CT molecular complexity index is 809. The number of aryl methyl sites for hydroxylation is 2. The number of piperazine rings is 1. The minimum atomic E-state index is 0.0525. The summed E-state index contributed by atoms with van der Waals surface area (Å²) in [5.74, 6) is 1.02. The van der Waals surface area contributed by atoms with E-state index in [1.165, 1.54) is 5.56 Å². The zero-order chi connectivity index (χ0) is 19.9. The summed E-state index contributed by atoms with van der Waals surface area (Å²) in [5.41, 5.74) is 2.93. The third-order valence-electron chi connectivity index (χ3n) is 5.12. The van der Waals surface area contributed by atoms with Crippen LogP contribution in [0.1, 0.15) is 34.3 Å². The normalized spacial score (nSPS) is 14.1. The van der Waals surface area contributed by atoms with Crippen LogP contribution in [0.2, 0.25) is 0 Å². The van der Waals surface area contributed by atoms with E-state index in [-0.39, 0.29) is 11.8 Å². The fourth-order valence-corrected chi connectivity index (χ4v) is 3.35. The standard InChI is InChI=1S/C23H28N2O3/c1-18-9-11-20(12-10-18)28-17-5-8-22(26)24-13-15-25(16-14-24)23(27)21-7-4-3-6-19(21)2/h3-4,6-7,9-12H,5,8,13-17H2,1-2H3. The summed E-state index contributed by atoms with van der Waals surface area (Å²) in [6.07, 6.45) is 1.16. The van der Waals surface area contributed by atoms with Crippen LogP contribution in [-0.2, 0) is 4.79 Å². The molecule has 0 spiro atoms. The first-order valence-electron chi connectivity index (χ1n) is 9.87. The van der Waals surface area contributed by atoms with E-state index in [9.17, 15) is 9.59 Å². The molecule has 148 valence electrons. The van der Waals surface area contributed by atoms with Gasteiger partial charge in [0.2, 0.25) is 5.91 Å². The van der Waals surface area contributed by atoms with Crippen molar-refractivity contribution in [2.45, 2.75) is 26.7 Å². The topological polar surface area (TPSA) is 49.9 Å². The summed E-state index contributed by atoms with van der Waals surface area (Å²) >= 11 is 0. The number of ether oxygens (including phenoxy) is 1. The van der Waals surface area contributed by atoms with E-state index in [1.54, 1.807) is 0 Å². The molecule has 0 unspecified atom stereocenters. The maximum atomic E-state index is 12.7. The van der Waals surface area contributed by atoms with Crippen LogP contribution in [0.5, 0.6) is 5.75 Å². The number of carbonyl (C=O) groups excluding carboxylic acids is 2. The third-order valence-corrected chi connectivity index (χ3v) is 5.12. The lowest BCUT2D eigenvalue weighted by Gasteiger charge is -2.35. The third kappa shape index (κ3) is 5.12. The molecule has 0 atom stereocenters. The largest absolute Gasteiger partial charge is 0.494 e. The molecule has 1 aliphatic heterocycles. The van der Waals surface area contributed by atoms with Gasteiger partial charge in [0.15, 0.2) is 0 Å². The molecule has 1 fully saturated rings. The van der Waals surface area contributed by atoms with Crippen molar-refractivity contribution in [2.75, 3.05) is 32.8 Å². The summed E-state index contributed by atoms with van der Waals surface area (Å²) in [6.45, 7) is 6.87. The maximum Gasteiger partial charge on any atom is 0.254 e. The predicted molar refractivity (Wildman–Crippen MR) is 110 cm³/mol. The van der Waals surface area contributed by atoms with Crippen molar-refractivity contribution in [3.63, 3.8) is 0 Å². The summed E-state index contributed by atoms with van der Waals surface area (Å²) < 4.78 is 5.68. The molecule has 0 aliphatic carbocycles. The fourth-order valence-electron chi connectivity index (χ4n) is 3.35. The summed E-state index contributed by atoms with van der Waals surface area (Å²) in [6, 6.07) is 15.6. The van der Waals surface area contributed by atoms with Gasteiger partial charge in [-0.05, 0) is 44.0 Å². The molecule has 3 rings (SSSR count). The number of carbonyl (C=O) groups is 2. The summed E-state index contributed by atoms with van der Waals surface area (Å²) in [4.78, 5) is 28.8. The van der Waals surface area contributed by atoms with Gasteiger partial charge >= 0.3 is 0 Å². The van der Waals surface area contributed by atoms with Gasteiger partial charge in [-0.1, -0.05) is 35.9 Å². The van der Waals surface area contributed by atoms with E-state index < -0.39 is 0 Å². The lowest BCUT2D eigenvalue weighted by molar-refractivity contribution is -0.132. The van der Waals surface area contributed by atoms with Crippen LogP contribution >= 0.6 is 0 Å². The molecule has 1 saturated heterocycles. The Morgan fingerprint density at radius 3 is 2.21 bits per heavy atom. The van der Waals surface area contributed by atoms with Gasteiger partial charge in [-0.2, -0.15) is 0 Å². The van der Waals surface area contributed by atoms with E-state index >= 15 is 0 Å². The second-order valence-corrected chi connectivity index (χ2v) is 7.25. The lowest BCUT2D eigenvalue weighted by atomic mass is 10.1.